The molecule has 4 rings (SSSR count). The number of ether oxygens (including phenoxy) is 1. The number of primary amides is 1. The molecule has 0 aliphatic rings. The fourth-order valence-corrected chi connectivity index (χ4v) is 8.56. The predicted octanol–water partition coefficient (Wildman–Crippen LogP) is 0.486. The molecule has 9 amide bonds. The second kappa shape index (κ2) is 32.3. The highest BCUT2D eigenvalue weighted by molar-refractivity contribution is 7.80. The number of aromatic nitrogens is 2. The van der Waals surface area contributed by atoms with Gasteiger partial charge < -0.3 is 69.5 Å². The first-order valence-corrected chi connectivity index (χ1v) is 27.4. The molecule has 0 bridgehead atoms. The van der Waals surface area contributed by atoms with Gasteiger partial charge in [0.1, 0.15) is 53.9 Å². The molecule has 8 atom stereocenters. The van der Waals surface area contributed by atoms with Crippen molar-refractivity contribution in [1.82, 2.24) is 52.5 Å². The number of H-pyrrole nitrogens is 1. The van der Waals surface area contributed by atoms with Gasteiger partial charge in [0.05, 0.1) is 6.33 Å². The number of rotatable bonds is 31. The van der Waals surface area contributed by atoms with Gasteiger partial charge in [-0.05, 0) is 68.9 Å². The average Bonchev–Trinajstić information content (AvgIpc) is 3.94. The first-order valence-electron chi connectivity index (χ1n) is 26.2. The van der Waals surface area contributed by atoms with Crippen LogP contribution in [0, 0.1) is 0 Å². The molecule has 15 N–H and O–H groups in total. The topological polar surface area (TPSA) is 378 Å². The number of imidazole rings is 1. The van der Waals surface area contributed by atoms with Crippen LogP contribution in [0.25, 0.3) is 10.8 Å². The third-order valence-corrected chi connectivity index (χ3v) is 13.0. The maximum Gasteiger partial charge on any atom is 0.408 e. The van der Waals surface area contributed by atoms with E-state index in [2.05, 4.69) is 82.8 Å². The van der Waals surface area contributed by atoms with Gasteiger partial charge in [0, 0.05) is 49.2 Å². The molecule has 0 unspecified atom stereocenters. The van der Waals surface area contributed by atoms with E-state index in [1.54, 1.807) is 57.2 Å². The number of carbonyl (C=O) groups is 9. The highest BCUT2D eigenvalue weighted by atomic mass is 32.1. The Morgan fingerprint density at radius 3 is 1.65 bits per heavy atom. The molecule has 0 aliphatic heterocycles. The summed E-state index contributed by atoms with van der Waals surface area (Å²) in [6, 6.07) is 11.5. The normalized spacial score (nSPS) is 14.2. The molecule has 3 aromatic carbocycles. The summed E-state index contributed by atoms with van der Waals surface area (Å²) >= 11 is 8.42. The van der Waals surface area contributed by atoms with Crippen molar-refractivity contribution in [3.63, 3.8) is 0 Å². The lowest BCUT2D eigenvalue weighted by Crippen LogP contribution is -2.61. The highest BCUT2D eigenvalue weighted by Gasteiger charge is 2.35. The van der Waals surface area contributed by atoms with Gasteiger partial charge in [-0.25, -0.2) is 9.78 Å². The Labute approximate surface area is 476 Å². The lowest BCUT2D eigenvalue weighted by Gasteiger charge is -2.27. The number of amides is 9. The van der Waals surface area contributed by atoms with Gasteiger partial charge in [0.2, 0.25) is 47.3 Å². The molecule has 0 saturated heterocycles. The Morgan fingerprint density at radius 1 is 0.588 bits per heavy atom. The molecule has 1 aromatic heterocycles. The summed E-state index contributed by atoms with van der Waals surface area (Å²) < 4.78 is 5.33. The Balaban J connectivity index is 1.59. The Kier molecular flexibility index (Phi) is 26.1. The van der Waals surface area contributed by atoms with Crippen molar-refractivity contribution in [2.75, 3.05) is 18.1 Å². The van der Waals surface area contributed by atoms with Gasteiger partial charge in [-0.15, -0.1) is 0 Å². The second-order valence-electron chi connectivity index (χ2n) is 20.0. The second-order valence-corrected chi connectivity index (χ2v) is 20.7. The zero-order valence-electron chi connectivity index (χ0n) is 45.6. The Hall–Kier alpha value is -7.87. The number of thiol groups is 2. The summed E-state index contributed by atoms with van der Waals surface area (Å²) in [5.74, 6) is -6.89. The van der Waals surface area contributed by atoms with E-state index in [0.29, 0.717) is 29.7 Å². The first-order chi connectivity index (χ1) is 38.0. The van der Waals surface area contributed by atoms with Crippen LogP contribution >= 0.6 is 25.3 Å². The summed E-state index contributed by atoms with van der Waals surface area (Å²) in [5.41, 5.74) is 17.5. The molecular weight excluding hydrogens is 1070 g/mol. The maximum absolute atomic E-state index is 14.7. The summed E-state index contributed by atoms with van der Waals surface area (Å²) in [5, 5.41) is 23.0. The lowest BCUT2D eigenvalue weighted by molar-refractivity contribution is -0.135. The van der Waals surface area contributed by atoms with Crippen molar-refractivity contribution in [2.24, 2.45) is 22.2 Å². The van der Waals surface area contributed by atoms with Crippen molar-refractivity contribution in [1.29, 1.82) is 0 Å². The van der Waals surface area contributed by atoms with E-state index in [0.717, 1.165) is 10.8 Å². The van der Waals surface area contributed by atoms with Crippen molar-refractivity contribution in [3.05, 3.63) is 102 Å². The number of hydrogen-bond donors (Lipinski definition) is 14. The van der Waals surface area contributed by atoms with E-state index < -0.39 is 107 Å². The first kappa shape index (κ1) is 64.7. The van der Waals surface area contributed by atoms with E-state index in [1.165, 1.54) is 19.4 Å². The van der Waals surface area contributed by atoms with Crippen LogP contribution in [0.4, 0.5) is 4.79 Å². The molecule has 0 spiro atoms. The van der Waals surface area contributed by atoms with Crippen LogP contribution in [0.5, 0.6) is 0 Å². The SMILES string of the molecule is CCCC[C@H](NC(=O)OC(C)(C)C)C(=O)N[C@@H](CS)C(=O)N[C@H](C)C(=O)N[C@@H](Cc1cnc[nH]1)C(=O)N[C@H](Cc1ccccc1)C(=O)N[C@@H](CCCN=C(N)N)C(=O)N[C@@H](Cc1ccc2ccccc2c1)C(=O)N[C@@H](CS)C(N)=O. The third kappa shape index (κ3) is 22.1. The van der Waals surface area contributed by atoms with Crippen LogP contribution in [0.3, 0.4) is 0 Å². The number of hydrogen-bond acceptors (Lipinski definition) is 14. The fourth-order valence-electron chi connectivity index (χ4n) is 8.03. The molecule has 1 heterocycles. The van der Waals surface area contributed by atoms with Crippen molar-refractivity contribution in [2.45, 2.75) is 140 Å². The number of unbranched alkanes of at least 4 members (excludes halogenated alkanes) is 1. The van der Waals surface area contributed by atoms with Crippen molar-refractivity contribution < 1.29 is 47.9 Å². The largest absolute Gasteiger partial charge is 0.444 e. The summed E-state index contributed by atoms with van der Waals surface area (Å²) in [6.45, 7) is 8.36. The maximum atomic E-state index is 14.7. The molecule has 0 fully saturated rings. The number of nitrogens with zero attached hydrogens (tertiary/aromatic N) is 2. The lowest BCUT2D eigenvalue weighted by atomic mass is 10.00. The number of guanidine groups is 1. The monoisotopic (exact) mass is 1140 g/mol. The molecule has 434 valence electrons. The zero-order valence-corrected chi connectivity index (χ0v) is 47.4. The number of nitrogens with one attached hydrogen (secondary N) is 9. The molecule has 24 nitrogen and oxygen atoms in total. The number of fused-ring (bicyclic) bond motifs is 1. The molecule has 0 aliphatic carbocycles. The molecule has 0 saturated carbocycles. The molecule has 26 heteroatoms. The standard InChI is InChI=1S/C54H76N14O10S2/c1-6-7-18-38(68-53(77)78-54(3,4)5)47(72)67-43(29-80)51(76)61-31(2)45(70)63-41(26-36-27-58-30-60-36)50(75)65-39(24-32-14-9-8-10-15-32)48(73)62-37(19-13-22-59-52(56)57)46(71)64-40(49(74)66-42(28-79)44(55)69)25-33-20-21-34-16-11-12-17-35(34)23-33/h8-12,14-17,20-21,23,27,30-31,37-43,79-80H,6-7,13,18-19,22,24-26,28-29H2,1-5H3,(H2,55,69)(H,58,60)(H,61,76)(H,62,73)(H,63,70)(H,64,71)(H,65,75)(H,66,74)(H,67,72)(H,68,77)(H4,56,57,59)/t31-,37+,38+,39-,40+,41+,42+,43+/m1/s1. The summed E-state index contributed by atoms with van der Waals surface area (Å²) in [4.78, 5) is 134. The van der Waals surface area contributed by atoms with Gasteiger partial charge in [0.15, 0.2) is 5.96 Å². The van der Waals surface area contributed by atoms with E-state index >= 15 is 0 Å². The summed E-state index contributed by atoms with van der Waals surface area (Å²) in [7, 11) is 0. The van der Waals surface area contributed by atoms with Crippen molar-refractivity contribution >= 4 is 95.3 Å². The zero-order chi connectivity index (χ0) is 58.9. The van der Waals surface area contributed by atoms with E-state index in [4.69, 9.17) is 21.9 Å². The molecule has 4 aromatic rings. The van der Waals surface area contributed by atoms with Crippen molar-refractivity contribution in [3.8, 4) is 0 Å². The Morgan fingerprint density at radius 2 is 1.09 bits per heavy atom. The van der Waals surface area contributed by atoms with Crippen LogP contribution in [0.2, 0.25) is 0 Å². The molecule has 0 radical (unpaired) electrons. The fraction of sp³-hybridized carbons (Fsp3) is 0.463. The van der Waals surface area contributed by atoms with Gasteiger partial charge >= 0.3 is 6.09 Å². The smallest absolute Gasteiger partial charge is 0.408 e. The van der Waals surface area contributed by atoms with E-state index in [1.807, 2.05) is 43.3 Å². The van der Waals surface area contributed by atoms with Gasteiger partial charge in [0.25, 0.3) is 0 Å². The van der Waals surface area contributed by atoms with Crippen LogP contribution in [0.1, 0.15) is 83.5 Å². The van der Waals surface area contributed by atoms with Crippen LogP contribution in [0.15, 0.2) is 90.3 Å². The predicted molar refractivity (Wildman–Crippen MR) is 309 cm³/mol. The van der Waals surface area contributed by atoms with Crippen LogP contribution < -0.4 is 59.7 Å². The summed E-state index contributed by atoms with van der Waals surface area (Å²) in [6.07, 6.45) is 3.29. The molecule has 80 heavy (non-hydrogen) atoms. The quantitative estimate of drug-likeness (QED) is 0.0141. The number of aliphatic imine (C=N–C) groups is 1. The minimum absolute atomic E-state index is 0.0471. The Bertz CT molecular complexity index is 2760. The number of benzene rings is 3. The number of carbonyl (C=O) groups excluding carboxylic acids is 9. The van der Waals surface area contributed by atoms with E-state index in [-0.39, 0.29) is 62.5 Å². The minimum atomic E-state index is -1.40. The molecular formula is C54H76N14O10S2. The number of aromatic amines is 1. The average molecular weight is 1150 g/mol. The highest BCUT2D eigenvalue weighted by Crippen LogP contribution is 2.18. The number of alkyl carbamates (subject to hydrolysis) is 1. The third-order valence-electron chi connectivity index (χ3n) is 12.3. The van der Waals surface area contributed by atoms with Gasteiger partial charge in [-0.1, -0.05) is 92.6 Å². The van der Waals surface area contributed by atoms with Crippen LogP contribution in [-0.4, -0.2) is 141 Å². The van der Waals surface area contributed by atoms with Crippen LogP contribution in [-0.2, 0) is 62.4 Å². The minimum Gasteiger partial charge on any atom is -0.444 e. The van der Waals surface area contributed by atoms with Gasteiger partial charge in [-0.3, -0.25) is 43.3 Å². The number of nitrogens with two attached hydrogens (primary N) is 3. The van der Waals surface area contributed by atoms with E-state index in [9.17, 15) is 43.2 Å². The van der Waals surface area contributed by atoms with Gasteiger partial charge in [-0.2, -0.15) is 25.3 Å².